The molecule has 1 atom stereocenters. The number of aliphatic imine (C=N–C) groups is 1. The average Bonchev–Trinajstić information content (AvgIpc) is 3.15. The first-order valence-electron chi connectivity index (χ1n) is 6.15. The average molecular weight is 261 g/mol. The van der Waals surface area contributed by atoms with Crippen LogP contribution < -0.4 is 10.5 Å². The third kappa shape index (κ3) is 1.89. The highest BCUT2D eigenvalue weighted by Crippen LogP contribution is 2.39. The van der Waals surface area contributed by atoms with Crippen LogP contribution in [0.1, 0.15) is 24.4 Å². The molecule has 1 aromatic rings. The molecule has 2 amide bonds. The van der Waals surface area contributed by atoms with Gasteiger partial charge in [-0.3, -0.25) is 0 Å². The van der Waals surface area contributed by atoms with Gasteiger partial charge in [0.2, 0.25) is 0 Å². The molecule has 6 nitrogen and oxygen atoms in total. The zero-order chi connectivity index (χ0) is 13.6. The van der Waals surface area contributed by atoms with E-state index in [-0.39, 0.29) is 29.7 Å². The Kier molecular flexibility index (Phi) is 2.58. The molecule has 1 unspecified atom stereocenters. The van der Waals surface area contributed by atoms with Crippen LogP contribution in [0.5, 0.6) is 11.5 Å². The summed E-state index contributed by atoms with van der Waals surface area (Å²) in [6.45, 7) is 0. The van der Waals surface area contributed by atoms with E-state index in [9.17, 15) is 9.90 Å². The van der Waals surface area contributed by atoms with Crippen molar-refractivity contribution in [2.24, 2.45) is 10.7 Å². The maximum atomic E-state index is 11.8. The third-order valence-electron chi connectivity index (χ3n) is 3.46. The lowest BCUT2D eigenvalue weighted by molar-refractivity contribution is 0.203. The second kappa shape index (κ2) is 4.15. The number of amidine groups is 1. The number of carbonyl (C=O) groups excluding carboxylic acids is 1. The summed E-state index contributed by atoms with van der Waals surface area (Å²) in [7, 11) is 1.49. The normalized spacial score (nSPS) is 22.6. The van der Waals surface area contributed by atoms with Crippen molar-refractivity contribution >= 4 is 11.9 Å². The Bertz CT molecular complexity index is 566. The number of methoxy groups -OCH3 is 1. The topological polar surface area (TPSA) is 88.2 Å². The molecule has 1 aliphatic heterocycles. The third-order valence-corrected chi connectivity index (χ3v) is 3.46. The second-order valence-electron chi connectivity index (χ2n) is 4.79. The molecule has 1 saturated carbocycles. The number of hydrogen-bond donors (Lipinski definition) is 2. The molecule has 1 aromatic carbocycles. The van der Waals surface area contributed by atoms with Crippen molar-refractivity contribution in [1.29, 1.82) is 0 Å². The van der Waals surface area contributed by atoms with E-state index in [0.717, 1.165) is 18.4 Å². The lowest BCUT2D eigenvalue weighted by Crippen LogP contribution is -2.34. The summed E-state index contributed by atoms with van der Waals surface area (Å²) in [6, 6.07) is 4.56. The van der Waals surface area contributed by atoms with Crippen LogP contribution in [0.2, 0.25) is 0 Å². The molecule has 6 heteroatoms. The van der Waals surface area contributed by atoms with Gasteiger partial charge < -0.3 is 20.5 Å². The van der Waals surface area contributed by atoms with E-state index in [1.54, 1.807) is 23.1 Å². The lowest BCUT2D eigenvalue weighted by atomic mass is 10.0. The van der Waals surface area contributed by atoms with Crippen LogP contribution in [0.4, 0.5) is 4.79 Å². The summed E-state index contributed by atoms with van der Waals surface area (Å²) in [6.07, 6.45) is 1.96. The Hall–Kier alpha value is -2.24. The predicted molar refractivity (Wildman–Crippen MR) is 69.3 cm³/mol. The minimum atomic E-state index is -0.378. The number of ether oxygens (including phenoxy) is 1. The Labute approximate surface area is 110 Å². The molecule has 0 spiro atoms. The van der Waals surface area contributed by atoms with Gasteiger partial charge in [-0.1, -0.05) is 6.07 Å². The van der Waals surface area contributed by atoms with E-state index in [4.69, 9.17) is 10.5 Å². The summed E-state index contributed by atoms with van der Waals surface area (Å²) in [5.41, 5.74) is 6.60. The summed E-state index contributed by atoms with van der Waals surface area (Å²) in [4.78, 5) is 17.4. The molecular weight excluding hydrogens is 246 g/mol. The lowest BCUT2D eigenvalue weighted by Gasteiger charge is -2.24. The van der Waals surface area contributed by atoms with E-state index in [0.29, 0.717) is 5.75 Å². The van der Waals surface area contributed by atoms with E-state index >= 15 is 0 Å². The number of nitrogens with zero attached hydrogens (tertiary/aromatic N) is 2. The number of benzene rings is 1. The number of carbonyl (C=O) groups is 1. The zero-order valence-electron chi connectivity index (χ0n) is 10.5. The first-order valence-corrected chi connectivity index (χ1v) is 6.15. The van der Waals surface area contributed by atoms with E-state index in [1.165, 1.54) is 7.11 Å². The Morgan fingerprint density at radius 2 is 2.21 bits per heavy atom. The number of amides is 2. The van der Waals surface area contributed by atoms with Crippen LogP contribution in [0, 0.1) is 0 Å². The summed E-state index contributed by atoms with van der Waals surface area (Å²) >= 11 is 0. The van der Waals surface area contributed by atoms with Crippen LogP contribution in [0.25, 0.3) is 0 Å². The van der Waals surface area contributed by atoms with Crippen molar-refractivity contribution in [3.63, 3.8) is 0 Å². The molecule has 2 aliphatic rings. The molecule has 0 aromatic heterocycles. The number of hydrogen-bond acceptors (Lipinski definition) is 4. The Morgan fingerprint density at radius 1 is 1.47 bits per heavy atom. The van der Waals surface area contributed by atoms with Crippen molar-refractivity contribution < 1.29 is 14.6 Å². The smallest absolute Gasteiger partial charge is 0.346 e. The highest BCUT2D eigenvalue weighted by Gasteiger charge is 2.43. The van der Waals surface area contributed by atoms with Gasteiger partial charge in [-0.25, -0.2) is 4.79 Å². The van der Waals surface area contributed by atoms with Gasteiger partial charge in [0.25, 0.3) is 0 Å². The van der Waals surface area contributed by atoms with Crippen molar-refractivity contribution in [2.75, 3.05) is 7.11 Å². The number of phenolic OH excluding ortho intramolecular Hbond substituents is 1. The van der Waals surface area contributed by atoms with Gasteiger partial charge in [0.05, 0.1) is 7.11 Å². The van der Waals surface area contributed by atoms with Gasteiger partial charge >= 0.3 is 6.03 Å². The van der Waals surface area contributed by atoms with Crippen LogP contribution in [-0.2, 0) is 0 Å². The first-order chi connectivity index (χ1) is 9.11. The molecule has 3 rings (SSSR count). The molecule has 0 saturated heterocycles. The minimum absolute atomic E-state index is 0.0305. The molecule has 19 heavy (non-hydrogen) atoms. The second-order valence-corrected chi connectivity index (χ2v) is 4.79. The molecule has 1 aliphatic carbocycles. The predicted octanol–water partition coefficient (Wildman–Crippen LogP) is 1.40. The van der Waals surface area contributed by atoms with Gasteiger partial charge in [0.15, 0.2) is 11.5 Å². The van der Waals surface area contributed by atoms with E-state index < -0.39 is 0 Å². The van der Waals surface area contributed by atoms with Crippen molar-refractivity contribution in [3.8, 4) is 11.5 Å². The highest BCUT2D eigenvalue weighted by atomic mass is 16.5. The molecule has 100 valence electrons. The van der Waals surface area contributed by atoms with E-state index in [2.05, 4.69) is 4.99 Å². The van der Waals surface area contributed by atoms with Gasteiger partial charge in [0, 0.05) is 6.04 Å². The molecule has 0 bridgehead atoms. The minimum Gasteiger partial charge on any atom is -0.504 e. The Morgan fingerprint density at radius 3 is 2.79 bits per heavy atom. The number of phenols is 1. The number of aromatic hydroxyl groups is 1. The van der Waals surface area contributed by atoms with E-state index in [1.807, 2.05) is 0 Å². The van der Waals surface area contributed by atoms with Crippen LogP contribution in [-0.4, -0.2) is 35.0 Å². The molecular formula is C13H15N3O3. The zero-order valence-corrected chi connectivity index (χ0v) is 10.5. The fraction of sp³-hybridized carbons (Fsp3) is 0.385. The SMILES string of the molecule is COc1ccc(C2C(N)=NC(=O)N2C2CC2)cc1O. The van der Waals surface area contributed by atoms with Crippen LogP contribution in [0.15, 0.2) is 23.2 Å². The van der Waals surface area contributed by atoms with Crippen LogP contribution in [0.3, 0.4) is 0 Å². The van der Waals surface area contributed by atoms with Crippen LogP contribution >= 0.6 is 0 Å². The fourth-order valence-corrected chi connectivity index (χ4v) is 2.41. The number of rotatable bonds is 3. The van der Waals surface area contributed by atoms with Crippen molar-refractivity contribution in [1.82, 2.24) is 4.90 Å². The monoisotopic (exact) mass is 261 g/mol. The molecule has 1 heterocycles. The van der Waals surface area contributed by atoms with Gasteiger partial charge in [0.1, 0.15) is 11.9 Å². The van der Waals surface area contributed by atoms with Gasteiger partial charge in [-0.2, -0.15) is 4.99 Å². The summed E-state index contributed by atoms with van der Waals surface area (Å²) in [5.74, 6) is 0.700. The van der Waals surface area contributed by atoms with Crippen molar-refractivity contribution in [2.45, 2.75) is 24.9 Å². The first kappa shape index (κ1) is 11.8. The van der Waals surface area contributed by atoms with Gasteiger partial charge in [-0.15, -0.1) is 0 Å². The fourth-order valence-electron chi connectivity index (χ4n) is 2.41. The largest absolute Gasteiger partial charge is 0.504 e. The molecule has 3 N–H and O–H groups in total. The standard InChI is InChI=1S/C13H15N3O3/c1-19-10-5-2-7(6-9(10)17)11-12(14)15-13(18)16(11)8-3-4-8/h2,5-6,8,11,17H,3-4H2,1H3,(H2,14,15,18). The maximum absolute atomic E-state index is 11.8. The van der Waals surface area contributed by atoms with Gasteiger partial charge in [-0.05, 0) is 30.5 Å². The quantitative estimate of drug-likeness (QED) is 0.860. The summed E-state index contributed by atoms with van der Waals surface area (Å²) in [5, 5.41) is 9.84. The maximum Gasteiger partial charge on any atom is 0.346 e. The van der Waals surface area contributed by atoms with Crippen molar-refractivity contribution in [3.05, 3.63) is 23.8 Å². The number of urea groups is 1. The summed E-state index contributed by atoms with van der Waals surface area (Å²) < 4.78 is 5.01. The molecule has 1 fully saturated rings. The number of nitrogens with two attached hydrogens (primary N) is 1. The highest BCUT2D eigenvalue weighted by molar-refractivity contribution is 6.03. The Balaban J connectivity index is 1.97. The molecule has 0 radical (unpaired) electrons.